The summed E-state index contributed by atoms with van der Waals surface area (Å²) in [6.07, 6.45) is 5.66. The van der Waals surface area contributed by atoms with Crippen molar-refractivity contribution in [2.24, 2.45) is 5.41 Å². The molecule has 0 bridgehead atoms. The summed E-state index contributed by atoms with van der Waals surface area (Å²) in [5.41, 5.74) is 0.309. The molecule has 0 saturated heterocycles. The average Bonchev–Trinajstić information content (AvgIpc) is 2.82. The number of amides is 2. The zero-order valence-electron chi connectivity index (χ0n) is 12.9. The molecule has 4 heteroatoms. The lowest BCUT2D eigenvalue weighted by Crippen LogP contribution is -2.49. The van der Waals surface area contributed by atoms with E-state index in [1.54, 1.807) is 11.8 Å². The third-order valence-electron chi connectivity index (χ3n) is 4.37. The molecule has 1 rings (SSSR count). The summed E-state index contributed by atoms with van der Waals surface area (Å²) in [6.45, 7) is 9.05. The van der Waals surface area contributed by atoms with Gasteiger partial charge in [0.1, 0.15) is 0 Å². The van der Waals surface area contributed by atoms with Gasteiger partial charge in [-0.25, -0.2) is 4.79 Å². The smallest absolute Gasteiger partial charge is 0.317 e. The van der Waals surface area contributed by atoms with Crippen LogP contribution in [0.4, 0.5) is 4.79 Å². The van der Waals surface area contributed by atoms with Gasteiger partial charge in [0, 0.05) is 19.1 Å². The number of hydrogen-bond donors (Lipinski definition) is 2. The van der Waals surface area contributed by atoms with Crippen molar-refractivity contribution < 1.29 is 9.90 Å². The van der Waals surface area contributed by atoms with Gasteiger partial charge in [0.2, 0.25) is 0 Å². The van der Waals surface area contributed by atoms with Gasteiger partial charge in [-0.2, -0.15) is 0 Å². The van der Waals surface area contributed by atoms with Crippen LogP contribution < -0.4 is 5.32 Å². The zero-order chi connectivity index (χ0) is 14.5. The highest BCUT2D eigenvalue weighted by molar-refractivity contribution is 5.74. The minimum atomic E-state index is -0.486. The van der Waals surface area contributed by atoms with Crippen LogP contribution in [0.1, 0.15) is 59.8 Å². The van der Waals surface area contributed by atoms with Crippen molar-refractivity contribution in [3.63, 3.8) is 0 Å². The van der Waals surface area contributed by atoms with Gasteiger partial charge in [-0.05, 0) is 45.4 Å². The number of nitrogens with zero attached hydrogens (tertiary/aromatic N) is 1. The van der Waals surface area contributed by atoms with E-state index in [1.165, 1.54) is 25.7 Å². The van der Waals surface area contributed by atoms with Crippen molar-refractivity contribution in [2.75, 3.05) is 13.1 Å². The van der Waals surface area contributed by atoms with Crippen LogP contribution in [0.15, 0.2) is 0 Å². The van der Waals surface area contributed by atoms with E-state index in [0.29, 0.717) is 12.0 Å². The van der Waals surface area contributed by atoms with Crippen molar-refractivity contribution in [3.05, 3.63) is 0 Å². The molecule has 19 heavy (non-hydrogen) atoms. The number of aliphatic hydroxyl groups is 1. The molecule has 112 valence electrons. The summed E-state index contributed by atoms with van der Waals surface area (Å²) in [4.78, 5) is 14.0. The molecule has 4 nitrogen and oxygen atoms in total. The maximum absolute atomic E-state index is 12.2. The largest absolute Gasteiger partial charge is 0.392 e. The van der Waals surface area contributed by atoms with Crippen LogP contribution in [-0.4, -0.2) is 41.3 Å². The van der Waals surface area contributed by atoms with Crippen LogP contribution in [0, 0.1) is 5.41 Å². The highest BCUT2D eigenvalue weighted by Gasteiger charge is 2.32. The van der Waals surface area contributed by atoms with Crippen LogP contribution in [0.3, 0.4) is 0 Å². The van der Waals surface area contributed by atoms with E-state index < -0.39 is 6.10 Å². The molecule has 1 saturated carbocycles. The van der Waals surface area contributed by atoms with Gasteiger partial charge in [-0.1, -0.05) is 19.8 Å². The summed E-state index contributed by atoms with van der Waals surface area (Å²) in [6, 6.07) is 0.0615. The Balaban J connectivity index is 2.52. The molecule has 0 heterocycles. The van der Waals surface area contributed by atoms with Crippen molar-refractivity contribution in [3.8, 4) is 0 Å². The van der Waals surface area contributed by atoms with Crippen molar-refractivity contribution in [1.29, 1.82) is 0 Å². The summed E-state index contributed by atoms with van der Waals surface area (Å²) >= 11 is 0. The average molecular weight is 270 g/mol. The fourth-order valence-corrected chi connectivity index (χ4v) is 2.96. The minimum Gasteiger partial charge on any atom is -0.392 e. The lowest BCUT2D eigenvalue weighted by atomic mass is 9.83. The Labute approximate surface area is 117 Å². The topological polar surface area (TPSA) is 52.6 Å². The first kappa shape index (κ1) is 16.3. The molecule has 2 N–H and O–H groups in total. The van der Waals surface area contributed by atoms with Crippen LogP contribution >= 0.6 is 0 Å². The molecule has 0 aromatic heterocycles. The predicted octanol–water partition coefficient (Wildman–Crippen LogP) is 2.76. The molecule has 1 atom stereocenters. The lowest BCUT2D eigenvalue weighted by molar-refractivity contribution is 0.116. The normalized spacial score (nSPS) is 19.5. The maximum Gasteiger partial charge on any atom is 0.317 e. The standard InChI is InChI=1S/C15H30N2O2/c1-5-15(8-6-7-9-15)11-16-14(19)17(12(2)3)10-13(4)18/h12-13,18H,5-11H2,1-4H3,(H,16,19). The van der Waals surface area contributed by atoms with E-state index in [1.807, 2.05) is 13.8 Å². The van der Waals surface area contributed by atoms with Crippen LogP contribution in [0.2, 0.25) is 0 Å². The van der Waals surface area contributed by atoms with Gasteiger partial charge in [-0.15, -0.1) is 0 Å². The van der Waals surface area contributed by atoms with Gasteiger partial charge in [-0.3, -0.25) is 0 Å². The third kappa shape index (κ3) is 4.68. The van der Waals surface area contributed by atoms with Gasteiger partial charge in [0.15, 0.2) is 0 Å². The van der Waals surface area contributed by atoms with E-state index >= 15 is 0 Å². The summed E-state index contributed by atoms with van der Waals surface area (Å²) in [5, 5.41) is 12.6. The molecule has 1 aliphatic rings. The Morgan fingerprint density at radius 3 is 2.32 bits per heavy atom. The molecular weight excluding hydrogens is 240 g/mol. The molecule has 1 unspecified atom stereocenters. The molecule has 1 fully saturated rings. The van der Waals surface area contributed by atoms with Crippen molar-refractivity contribution in [2.45, 2.75) is 71.9 Å². The minimum absolute atomic E-state index is 0.0457. The second-order valence-corrected chi connectivity index (χ2v) is 6.31. The highest BCUT2D eigenvalue weighted by Crippen LogP contribution is 2.40. The summed E-state index contributed by atoms with van der Waals surface area (Å²) in [5.74, 6) is 0. The number of carbonyl (C=O) groups is 1. The Kier molecular flexibility index (Phi) is 6.11. The maximum atomic E-state index is 12.2. The number of aliphatic hydroxyl groups excluding tert-OH is 1. The summed E-state index contributed by atoms with van der Waals surface area (Å²) in [7, 11) is 0. The second-order valence-electron chi connectivity index (χ2n) is 6.31. The second kappa shape index (κ2) is 7.13. The fourth-order valence-electron chi connectivity index (χ4n) is 2.96. The van der Waals surface area contributed by atoms with Crippen molar-refractivity contribution in [1.82, 2.24) is 10.2 Å². The van der Waals surface area contributed by atoms with E-state index in [4.69, 9.17) is 0 Å². The fraction of sp³-hybridized carbons (Fsp3) is 0.933. The van der Waals surface area contributed by atoms with Gasteiger partial charge < -0.3 is 15.3 Å². The third-order valence-corrected chi connectivity index (χ3v) is 4.37. The van der Waals surface area contributed by atoms with Crippen LogP contribution in [0.5, 0.6) is 0 Å². The molecule has 1 aliphatic carbocycles. The van der Waals surface area contributed by atoms with Gasteiger partial charge >= 0.3 is 6.03 Å². The first-order chi connectivity index (χ1) is 8.90. The lowest BCUT2D eigenvalue weighted by Gasteiger charge is -2.32. The Morgan fingerprint density at radius 2 is 1.89 bits per heavy atom. The molecule has 2 amide bonds. The first-order valence-electron chi connectivity index (χ1n) is 7.63. The van der Waals surface area contributed by atoms with E-state index in [-0.39, 0.29) is 12.1 Å². The van der Waals surface area contributed by atoms with E-state index in [0.717, 1.165) is 13.0 Å². The van der Waals surface area contributed by atoms with Gasteiger partial charge in [0.05, 0.1) is 6.10 Å². The highest BCUT2D eigenvalue weighted by atomic mass is 16.3. The van der Waals surface area contributed by atoms with Gasteiger partial charge in [0.25, 0.3) is 0 Å². The SMILES string of the molecule is CCC1(CNC(=O)N(CC(C)O)C(C)C)CCCC1. The number of carbonyl (C=O) groups excluding carboxylic acids is 1. The molecular formula is C15H30N2O2. The number of rotatable bonds is 6. The van der Waals surface area contributed by atoms with E-state index in [2.05, 4.69) is 12.2 Å². The number of hydrogen-bond acceptors (Lipinski definition) is 2. The first-order valence-corrected chi connectivity index (χ1v) is 7.63. The Bertz CT molecular complexity index is 284. The monoisotopic (exact) mass is 270 g/mol. The molecule has 0 spiro atoms. The number of nitrogens with one attached hydrogen (secondary N) is 1. The van der Waals surface area contributed by atoms with E-state index in [9.17, 15) is 9.90 Å². The summed E-state index contributed by atoms with van der Waals surface area (Å²) < 4.78 is 0. The molecule has 0 aromatic rings. The molecule has 0 aliphatic heterocycles. The number of urea groups is 1. The van der Waals surface area contributed by atoms with Crippen molar-refractivity contribution >= 4 is 6.03 Å². The Morgan fingerprint density at radius 1 is 1.32 bits per heavy atom. The molecule has 0 radical (unpaired) electrons. The van der Waals surface area contributed by atoms with Crippen LogP contribution in [0.25, 0.3) is 0 Å². The zero-order valence-corrected chi connectivity index (χ0v) is 12.9. The quantitative estimate of drug-likeness (QED) is 0.779. The predicted molar refractivity (Wildman–Crippen MR) is 78.1 cm³/mol. The Hall–Kier alpha value is -0.770. The van der Waals surface area contributed by atoms with Crippen LogP contribution in [-0.2, 0) is 0 Å². The molecule has 0 aromatic carbocycles.